The van der Waals surface area contributed by atoms with Crippen LogP contribution in [-0.2, 0) is 11.3 Å². The highest BCUT2D eigenvalue weighted by atomic mass is 16.5. The maximum atomic E-state index is 12.4. The Bertz CT molecular complexity index is 1050. The molecule has 2 aromatic carbocycles. The summed E-state index contributed by atoms with van der Waals surface area (Å²) in [6.45, 7) is 1.01. The van der Waals surface area contributed by atoms with E-state index in [0.717, 1.165) is 17.0 Å². The van der Waals surface area contributed by atoms with Crippen LogP contribution in [0.5, 0.6) is 5.75 Å². The lowest BCUT2D eigenvalue weighted by Crippen LogP contribution is -2.44. The largest absolute Gasteiger partial charge is 0.497 e. The first-order chi connectivity index (χ1) is 15.2. The quantitative estimate of drug-likeness (QED) is 0.416. The first-order valence-corrected chi connectivity index (χ1v) is 10.0. The number of aromatic amines is 1. The van der Waals surface area contributed by atoms with E-state index in [4.69, 9.17) is 4.74 Å². The molecule has 3 N–H and O–H groups in total. The van der Waals surface area contributed by atoms with Crippen molar-refractivity contribution in [3.63, 3.8) is 0 Å². The number of ether oxygens (including phenoxy) is 1. The number of carbonyl (C=O) groups is 1. The third kappa shape index (κ3) is 4.82. The number of anilines is 1. The summed E-state index contributed by atoms with van der Waals surface area (Å²) in [5, 5.41) is 13.8. The van der Waals surface area contributed by atoms with Crippen LogP contribution in [0.25, 0.3) is 11.4 Å². The number of nitrogens with one attached hydrogen (secondary N) is 3. The van der Waals surface area contributed by atoms with Gasteiger partial charge in [0.2, 0.25) is 5.91 Å². The van der Waals surface area contributed by atoms with Gasteiger partial charge in [0.1, 0.15) is 11.6 Å². The van der Waals surface area contributed by atoms with Gasteiger partial charge in [0.25, 0.3) is 0 Å². The molecule has 1 aliphatic heterocycles. The van der Waals surface area contributed by atoms with E-state index in [2.05, 4.69) is 30.8 Å². The highest BCUT2D eigenvalue weighted by molar-refractivity contribution is 5.97. The predicted molar refractivity (Wildman–Crippen MR) is 119 cm³/mol. The molecule has 1 fully saturated rings. The molecule has 0 bridgehead atoms. The molecule has 4 rings (SSSR count). The summed E-state index contributed by atoms with van der Waals surface area (Å²) < 4.78 is 5.18. The fourth-order valence-corrected chi connectivity index (χ4v) is 3.46. The second-order valence-electron chi connectivity index (χ2n) is 7.15. The van der Waals surface area contributed by atoms with Gasteiger partial charge in [-0.2, -0.15) is 5.10 Å². The van der Waals surface area contributed by atoms with E-state index in [-0.39, 0.29) is 11.9 Å². The van der Waals surface area contributed by atoms with E-state index < -0.39 is 0 Å². The maximum absolute atomic E-state index is 12.4. The fourth-order valence-electron chi connectivity index (χ4n) is 3.46. The standard InChI is InChI=1S/C22H25N7O2/c1-23-22(25-16-12-20(30)29(14-16)17-6-4-3-5-7-17)24-13-19-26-21(28-27-19)15-8-10-18(31-2)11-9-15/h3-11,16H,12-14H2,1-2H3,(H2,23,24,25)(H,26,27,28). The summed E-state index contributed by atoms with van der Waals surface area (Å²) in [6, 6.07) is 17.2. The molecule has 1 unspecified atom stereocenters. The monoisotopic (exact) mass is 419 g/mol. The van der Waals surface area contributed by atoms with Gasteiger partial charge in [0, 0.05) is 31.3 Å². The van der Waals surface area contributed by atoms with Crippen molar-refractivity contribution in [2.24, 2.45) is 4.99 Å². The first kappa shape index (κ1) is 20.4. The molecule has 0 spiro atoms. The van der Waals surface area contributed by atoms with Crippen LogP contribution in [0.15, 0.2) is 59.6 Å². The van der Waals surface area contributed by atoms with E-state index in [1.807, 2.05) is 54.6 Å². The lowest BCUT2D eigenvalue weighted by atomic mass is 10.2. The molecular formula is C22H25N7O2. The van der Waals surface area contributed by atoms with E-state index in [9.17, 15) is 4.79 Å². The average Bonchev–Trinajstić information content (AvgIpc) is 3.43. The van der Waals surface area contributed by atoms with Gasteiger partial charge in [-0.15, -0.1) is 0 Å². The molecular weight excluding hydrogens is 394 g/mol. The van der Waals surface area contributed by atoms with Crippen LogP contribution in [0.2, 0.25) is 0 Å². The van der Waals surface area contributed by atoms with Crippen molar-refractivity contribution < 1.29 is 9.53 Å². The van der Waals surface area contributed by atoms with Gasteiger partial charge in [-0.3, -0.25) is 14.9 Å². The number of H-pyrrole nitrogens is 1. The SMILES string of the molecule is CN=C(NCc1nc(-c2ccc(OC)cc2)n[nH]1)NC1CC(=O)N(c2ccccc2)C1. The van der Waals surface area contributed by atoms with Gasteiger partial charge < -0.3 is 20.3 Å². The second-order valence-corrected chi connectivity index (χ2v) is 7.15. The Labute approximate surface area is 180 Å². The Morgan fingerprint density at radius 2 is 2.00 bits per heavy atom. The number of aliphatic imine (C=N–C) groups is 1. The molecule has 1 atom stereocenters. The Kier molecular flexibility index (Phi) is 6.11. The lowest BCUT2D eigenvalue weighted by Gasteiger charge is -2.18. The second kappa shape index (κ2) is 9.29. The summed E-state index contributed by atoms with van der Waals surface area (Å²) in [5.74, 6) is 2.78. The van der Waals surface area contributed by atoms with Crippen molar-refractivity contribution in [1.29, 1.82) is 0 Å². The van der Waals surface area contributed by atoms with Crippen LogP contribution >= 0.6 is 0 Å². The number of methoxy groups -OCH3 is 1. The van der Waals surface area contributed by atoms with Gasteiger partial charge in [0.05, 0.1) is 19.7 Å². The molecule has 1 saturated heterocycles. The number of carbonyl (C=O) groups excluding carboxylic acids is 1. The van der Waals surface area contributed by atoms with E-state index in [1.165, 1.54) is 0 Å². The zero-order valence-electron chi connectivity index (χ0n) is 17.5. The summed E-state index contributed by atoms with van der Waals surface area (Å²) in [5.41, 5.74) is 1.81. The molecule has 160 valence electrons. The normalized spacial score (nSPS) is 16.5. The van der Waals surface area contributed by atoms with Crippen molar-refractivity contribution in [3.05, 3.63) is 60.4 Å². The molecule has 2 heterocycles. The number of rotatable bonds is 6. The minimum Gasteiger partial charge on any atom is -0.497 e. The van der Waals surface area contributed by atoms with Gasteiger partial charge in [-0.25, -0.2) is 4.98 Å². The zero-order valence-corrected chi connectivity index (χ0v) is 17.5. The predicted octanol–water partition coefficient (Wildman–Crippen LogP) is 1.95. The maximum Gasteiger partial charge on any atom is 0.229 e. The number of hydrogen-bond donors (Lipinski definition) is 3. The third-order valence-corrected chi connectivity index (χ3v) is 5.06. The number of nitrogens with zero attached hydrogens (tertiary/aromatic N) is 4. The minimum absolute atomic E-state index is 0.0245. The first-order valence-electron chi connectivity index (χ1n) is 10.0. The van der Waals surface area contributed by atoms with Gasteiger partial charge >= 0.3 is 0 Å². The average molecular weight is 419 g/mol. The Morgan fingerprint density at radius 1 is 1.23 bits per heavy atom. The lowest BCUT2D eigenvalue weighted by molar-refractivity contribution is -0.117. The molecule has 0 radical (unpaired) electrons. The van der Waals surface area contributed by atoms with Gasteiger partial charge in [-0.1, -0.05) is 18.2 Å². The Balaban J connectivity index is 1.32. The van der Waals surface area contributed by atoms with Gasteiger partial charge in [0.15, 0.2) is 11.8 Å². The minimum atomic E-state index is -0.0245. The topological polar surface area (TPSA) is 108 Å². The highest BCUT2D eigenvalue weighted by Crippen LogP contribution is 2.21. The summed E-state index contributed by atoms with van der Waals surface area (Å²) >= 11 is 0. The molecule has 9 nitrogen and oxygen atoms in total. The Hall–Kier alpha value is -3.88. The van der Waals surface area contributed by atoms with E-state index in [0.29, 0.717) is 37.1 Å². The highest BCUT2D eigenvalue weighted by Gasteiger charge is 2.31. The number of hydrogen-bond acceptors (Lipinski definition) is 5. The van der Waals surface area contributed by atoms with Crippen LogP contribution in [0, 0.1) is 0 Å². The van der Waals surface area contributed by atoms with Crippen molar-refractivity contribution in [3.8, 4) is 17.1 Å². The number of benzene rings is 2. The van der Waals surface area contributed by atoms with Crippen LogP contribution < -0.4 is 20.3 Å². The zero-order chi connectivity index (χ0) is 21.6. The molecule has 9 heteroatoms. The van der Waals surface area contributed by atoms with Crippen molar-refractivity contribution >= 4 is 17.6 Å². The number of aromatic nitrogens is 3. The number of para-hydroxylation sites is 1. The Morgan fingerprint density at radius 3 is 2.71 bits per heavy atom. The van der Waals surface area contributed by atoms with Crippen LogP contribution in [0.4, 0.5) is 5.69 Å². The van der Waals surface area contributed by atoms with Gasteiger partial charge in [-0.05, 0) is 36.4 Å². The molecule has 1 aromatic heterocycles. The third-order valence-electron chi connectivity index (χ3n) is 5.06. The molecule has 3 aromatic rings. The van der Waals surface area contributed by atoms with Crippen molar-refractivity contribution in [1.82, 2.24) is 25.8 Å². The van der Waals surface area contributed by atoms with Crippen molar-refractivity contribution in [2.75, 3.05) is 25.6 Å². The molecule has 0 saturated carbocycles. The molecule has 1 aliphatic rings. The smallest absolute Gasteiger partial charge is 0.229 e. The van der Waals surface area contributed by atoms with E-state index >= 15 is 0 Å². The van der Waals surface area contributed by atoms with Crippen LogP contribution in [0.1, 0.15) is 12.2 Å². The number of guanidine groups is 1. The summed E-state index contributed by atoms with van der Waals surface area (Å²) in [4.78, 5) is 23.0. The van der Waals surface area contributed by atoms with Crippen LogP contribution in [-0.4, -0.2) is 53.8 Å². The van der Waals surface area contributed by atoms with Crippen molar-refractivity contribution in [2.45, 2.75) is 19.0 Å². The summed E-state index contributed by atoms with van der Waals surface area (Å²) in [6.07, 6.45) is 0.416. The number of amides is 1. The van der Waals surface area contributed by atoms with Crippen LogP contribution in [0.3, 0.4) is 0 Å². The molecule has 31 heavy (non-hydrogen) atoms. The molecule has 1 amide bonds. The fraction of sp³-hybridized carbons (Fsp3) is 0.273. The molecule has 0 aliphatic carbocycles. The van der Waals surface area contributed by atoms with E-state index in [1.54, 1.807) is 19.1 Å². The summed E-state index contributed by atoms with van der Waals surface area (Å²) in [7, 11) is 3.33.